The summed E-state index contributed by atoms with van der Waals surface area (Å²) < 4.78 is 11.2. The fourth-order valence-corrected chi connectivity index (χ4v) is 3.60. The molecule has 0 saturated heterocycles. The van der Waals surface area contributed by atoms with Crippen LogP contribution in [0.5, 0.6) is 5.75 Å². The molecule has 0 spiro atoms. The van der Waals surface area contributed by atoms with Gasteiger partial charge in [-0.25, -0.2) is 0 Å². The van der Waals surface area contributed by atoms with Crippen LogP contribution in [-0.2, 0) is 35.4 Å². The first-order chi connectivity index (χ1) is 14.6. The highest BCUT2D eigenvalue weighted by Gasteiger charge is 2.22. The molecule has 3 aromatic rings. The molecule has 4 nitrogen and oxygen atoms in total. The van der Waals surface area contributed by atoms with E-state index >= 15 is 0 Å². The lowest BCUT2D eigenvalue weighted by molar-refractivity contribution is -0.142. The van der Waals surface area contributed by atoms with Gasteiger partial charge in [-0.15, -0.1) is 0 Å². The van der Waals surface area contributed by atoms with Crippen LogP contribution in [0.2, 0.25) is 0 Å². The van der Waals surface area contributed by atoms with E-state index in [-0.39, 0.29) is 18.2 Å². The smallest absolute Gasteiger partial charge is 0.310 e. The first-order valence-corrected chi connectivity index (χ1v) is 10.3. The number of ether oxygens (including phenoxy) is 2. The Morgan fingerprint density at radius 2 is 1.67 bits per heavy atom. The maximum absolute atomic E-state index is 12.9. The number of hydrogen-bond acceptors (Lipinski definition) is 4. The van der Waals surface area contributed by atoms with Gasteiger partial charge in [0.1, 0.15) is 12.4 Å². The average Bonchev–Trinajstić information content (AvgIpc) is 2.91. The van der Waals surface area contributed by atoms with Crippen molar-refractivity contribution in [3.05, 3.63) is 100 Å². The second-order valence-electron chi connectivity index (χ2n) is 7.42. The third-order valence-electron chi connectivity index (χ3n) is 5.37. The predicted octanol–water partition coefficient (Wildman–Crippen LogP) is 4.70. The van der Waals surface area contributed by atoms with Gasteiger partial charge in [-0.1, -0.05) is 61.5 Å². The molecule has 0 bridgehead atoms. The summed E-state index contributed by atoms with van der Waals surface area (Å²) in [5.74, 6) is 0.162. The molecule has 0 aliphatic carbocycles. The Kier molecular flexibility index (Phi) is 5.94. The summed E-state index contributed by atoms with van der Waals surface area (Å²) in [4.78, 5) is 25.2. The summed E-state index contributed by atoms with van der Waals surface area (Å²) in [5, 5.41) is 0. The molecular formula is C26H24O4. The van der Waals surface area contributed by atoms with Crippen molar-refractivity contribution < 1.29 is 19.1 Å². The van der Waals surface area contributed by atoms with Crippen molar-refractivity contribution in [2.45, 2.75) is 32.8 Å². The van der Waals surface area contributed by atoms with Crippen LogP contribution >= 0.6 is 0 Å². The number of carbonyl (C=O) groups excluding carboxylic acids is 2. The van der Waals surface area contributed by atoms with E-state index in [1.54, 1.807) is 12.1 Å². The molecule has 0 aromatic heterocycles. The van der Waals surface area contributed by atoms with Gasteiger partial charge in [0.2, 0.25) is 0 Å². The van der Waals surface area contributed by atoms with Crippen molar-refractivity contribution in [1.29, 1.82) is 0 Å². The third kappa shape index (κ3) is 4.43. The molecule has 4 heteroatoms. The van der Waals surface area contributed by atoms with E-state index < -0.39 is 0 Å². The van der Waals surface area contributed by atoms with E-state index in [2.05, 4.69) is 31.2 Å². The molecule has 0 fully saturated rings. The molecule has 1 aliphatic rings. The monoisotopic (exact) mass is 400 g/mol. The Balaban J connectivity index is 1.38. The number of fused-ring (bicyclic) bond motifs is 2. The average molecular weight is 400 g/mol. The Bertz CT molecular complexity index is 1070. The van der Waals surface area contributed by atoms with Gasteiger partial charge in [-0.2, -0.15) is 0 Å². The number of rotatable bonds is 6. The normalized spacial score (nSPS) is 12.4. The molecule has 152 valence electrons. The van der Waals surface area contributed by atoms with Crippen LogP contribution in [-0.4, -0.2) is 18.4 Å². The van der Waals surface area contributed by atoms with Gasteiger partial charge >= 0.3 is 5.97 Å². The summed E-state index contributed by atoms with van der Waals surface area (Å²) in [6.45, 7) is 2.82. The van der Waals surface area contributed by atoms with Crippen molar-refractivity contribution in [3.8, 4) is 5.75 Å². The number of carbonyl (C=O) groups is 2. The van der Waals surface area contributed by atoms with Crippen LogP contribution in [0.15, 0.2) is 66.7 Å². The van der Waals surface area contributed by atoms with Crippen LogP contribution in [0, 0.1) is 0 Å². The summed E-state index contributed by atoms with van der Waals surface area (Å²) in [7, 11) is 0. The molecule has 4 rings (SSSR count). The van der Waals surface area contributed by atoms with Gasteiger partial charge in [0, 0.05) is 17.5 Å². The lowest BCUT2D eigenvalue weighted by Gasteiger charge is -2.09. The summed E-state index contributed by atoms with van der Waals surface area (Å²) in [5.41, 5.74) is 5.17. The highest BCUT2D eigenvalue weighted by Crippen LogP contribution is 2.29. The SMILES string of the molecule is CCc1ccc(CCOC(=O)Cc2ccc3c(c2)C(=O)c2ccccc2CO3)cc1. The quantitative estimate of drug-likeness (QED) is 0.563. The minimum absolute atomic E-state index is 0.0798. The van der Waals surface area contributed by atoms with Gasteiger partial charge in [0.25, 0.3) is 0 Å². The topological polar surface area (TPSA) is 52.6 Å². The maximum Gasteiger partial charge on any atom is 0.310 e. The molecule has 0 atom stereocenters. The molecule has 0 radical (unpaired) electrons. The molecule has 1 aliphatic heterocycles. The zero-order chi connectivity index (χ0) is 20.9. The lowest BCUT2D eigenvalue weighted by Crippen LogP contribution is -2.11. The lowest BCUT2D eigenvalue weighted by atomic mass is 9.97. The fourth-order valence-electron chi connectivity index (χ4n) is 3.60. The highest BCUT2D eigenvalue weighted by atomic mass is 16.5. The third-order valence-corrected chi connectivity index (χ3v) is 5.37. The van der Waals surface area contributed by atoms with Crippen molar-refractivity contribution in [3.63, 3.8) is 0 Å². The van der Waals surface area contributed by atoms with E-state index in [1.807, 2.05) is 30.3 Å². The molecular weight excluding hydrogens is 376 g/mol. The second-order valence-corrected chi connectivity index (χ2v) is 7.42. The zero-order valence-electron chi connectivity index (χ0n) is 17.0. The number of hydrogen-bond donors (Lipinski definition) is 0. The Morgan fingerprint density at radius 3 is 2.47 bits per heavy atom. The van der Waals surface area contributed by atoms with Crippen LogP contribution in [0.25, 0.3) is 0 Å². The number of esters is 1. The van der Waals surface area contributed by atoms with Gasteiger partial charge in [-0.05, 0) is 35.2 Å². The molecule has 0 amide bonds. The van der Waals surface area contributed by atoms with Crippen LogP contribution in [0.4, 0.5) is 0 Å². The molecule has 0 unspecified atom stereocenters. The molecule has 0 saturated carbocycles. The summed E-state index contributed by atoms with van der Waals surface area (Å²) in [6, 6.07) is 21.1. The second kappa shape index (κ2) is 8.95. The minimum Gasteiger partial charge on any atom is -0.488 e. The van der Waals surface area contributed by atoms with E-state index in [9.17, 15) is 9.59 Å². The van der Waals surface area contributed by atoms with Crippen LogP contribution in [0.1, 0.15) is 45.1 Å². The predicted molar refractivity (Wildman–Crippen MR) is 115 cm³/mol. The van der Waals surface area contributed by atoms with E-state index in [1.165, 1.54) is 5.56 Å². The first kappa shape index (κ1) is 19.9. The van der Waals surface area contributed by atoms with Crippen molar-refractivity contribution in [2.75, 3.05) is 6.61 Å². The van der Waals surface area contributed by atoms with Crippen LogP contribution in [0.3, 0.4) is 0 Å². The van der Waals surface area contributed by atoms with Crippen molar-refractivity contribution in [1.82, 2.24) is 0 Å². The zero-order valence-corrected chi connectivity index (χ0v) is 17.0. The van der Waals surface area contributed by atoms with Gasteiger partial charge in [-0.3, -0.25) is 9.59 Å². The van der Waals surface area contributed by atoms with Crippen molar-refractivity contribution >= 4 is 11.8 Å². The van der Waals surface area contributed by atoms with E-state index in [0.29, 0.717) is 36.5 Å². The summed E-state index contributed by atoms with van der Waals surface area (Å²) in [6.07, 6.45) is 1.81. The molecule has 3 aromatic carbocycles. The molecule has 30 heavy (non-hydrogen) atoms. The number of benzene rings is 3. The maximum atomic E-state index is 12.9. The molecule has 0 N–H and O–H groups in total. The fraction of sp³-hybridized carbons (Fsp3) is 0.231. The van der Waals surface area contributed by atoms with E-state index in [4.69, 9.17) is 9.47 Å². The minimum atomic E-state index is -0.303. The summed E-state index contributed by atoms with van der Waals surface area (Å²) >= 11 is 0. The Hall–Kier alpha value is -3.40. The first-order valence-electron chi connectivity index (χ1n) is 10.3. The molecule has 1 heterocycles. The standard InChI is InChI=1S/C26H24O4/c1-2-18-7-9-19(10-8-18)13-14-29-25(27)16-20-11-12-24-23(15-20)26(28)22-6-4-3-5-21(22)17-30-24/h3-12,15H,2,13-14,16-17H2,1H3. The number of ketones is 1. The largest absolute Gasteiger partial charge is 0.488 e. The highest BCUT2D eigenvalue weighted by molar-refractivity contribution is 6.12. The Labute approximate surface area is 176 Å². The van der Waals surface area contributed by atoms with E-state index in [0.717, 1.165) is 23.1 Å². The number of aryl methyl sites for hydroxylation is 1. The van der Waals surface area contributed by atoms with Crippen molar-refractivity contribution in [2.24, 2.45) is 0 Å². The van der Waals surface area contributed by atoms with Gasteiger partial charge in [0.15, 0.2) is 5.78 Å². The van der Waals surface area contributed by atoms with Gasteiger partial charge < -0.3 is 9.47 Å². The van der Waals surface area contributed by atoms with Crippen LogP contribution < -0.4 is 4.74 Å². The Morgan fingerprint density at radius 1 is 0.933 bits per heavy atom. The van der Waals surface area contributed by atoms with Gasteiger partial charge in [0.05, 0.1) is 18.6 Å².